The van der Waals surface area contributed by atoms with Crippen molar-refractivity contribution in [1.29, 1.82) is 0 Å². The highest BCUT2D eigenvalue weighted by molar-refractivity contribution is 6.35. The van der Waals surface area contributed by atoms with E-state index in [4.69, 9.17) is 11.6 Å². The maximum absolute atomic E-state index is 12.5. The largest absolute Gasteiger partial charge is 0.352 e. The van der Waals surface area contributed by atoms with Gasteiger partial charge in [0.15, 0.2) is 0 Å². The third kappa shape index (κ3) is 2.74. The van der Waals surface area contributed by atoms with Gasteiger partial charge in [0.1, 0.15) is 5.69 Å². The lowest BCUT2D eigenvalue weighted by molar-refractivity contribution is -0.119. The number of hydrogen-bond donors (Lipinski definition) is 2. The van der Waals surface area contributed by atoms with Crippen LogP contribution in [0.25, 0.3) is 10.9 Å². The van der Waals surface area contributed by atoms with E-state index < -0.39 is 0 Å². The lowest BCUT2D eigenvalue weighted by atomic mass is 10.2. The highest BCUT2D eigenvalue weighted by Gasteiger charge is 2.28. The van der Waals surface area contributed by atoms with E-state index >= 15 is 0 Å². The van der Waals surface area contributed by atoms with Crippen LogP contribution in [-0.4, -0.2) is 40.8 Å². The number of aromatic nitrogens is 1. The SMILES string of the molecule is CC(=O)N[C@H]1CCN(C(=O)c2cc3c(Cl)cccc3[nH]2)C1. The van der Waals surface area contributed by atoms with Crippen molar-refractivity contribution in [3.05, 3.63) is 35.0 Å². The molecule has 0 aliphatic carbocycles. The number of rotatable bonds is 2. The summed E-state index contributed by atoms with van der Waals surface area (Å²) in [6.07, 6.45) is 0.784. The van der Waals surface area contributed by atoms with Crippen LogP contribution in [0, 0.1) is 0 Å². The Morgan fingerprint density at radius 1 is 1.43 bits per heavy atom. The molecule has 0 saturated carbocycles. The predicted octanol–water partition coefficient (Wildman–Crippen LogP) is 2.17. The third-order valence-corrected chi connectivity index (χ3v) is 4.05. The van der Waals surface area contributed by atoms with Gasteiger partial charge >= 0.3 is 0 Å². The first-order valence-electron chi connectivity index (χ1n) is 6.88. The van der Waals surface area contributed by atoms with Crippen LogP contribution in [-0.2, 0) is 4.79 Å². The lowest BCUT2D eigenvalue weighted by Gasteiger charge is -2.15. The molecule has 3 rings (SSSR count). The molecule has 1 aromatic carbocycles. The molecule has 2 N–H and O–H groups in total. The Labute approximate surface area is 127 Å². The van der Waals surface area contributed by atoms with E-state index in [1.54, 1.807) is 17.0 Å². The molecule has 0 unspecified atom stereocenters. The number of nitrogens with zero attached hydrogens (tertiary/aromatic N) is 1. The second kappa shape index (κ2) is 5.41. The zero-order chi connectivity index (χ0) is 15.0. The Morgan fingerprint density at radius 3 is 2.95 bits per heavy atom. The first kappa shape index (κ1) is 13.9. The molecule has 5 nitrogen and oxygen atoms in total. The van der Waals surface area contributed by atoms with Crippen molar-refractivity contribution in [1.82, 2.24) is 15.2 Å². The maximum Gasteiger partial charge on any atom is 0.270 e. The Kier molecular flexibility index (Phi) is 3.59. The fourth-order valence-electron chi connectivity index (χ4n) is 2.75. The number of carbonyl (C=O) groups is 2. The van der Waals surface area contributed by atoms with Crippen molar-refractivity contribution in [2.24, 2.45) is 0 Å². The zero-order valence-corrected chi connectivity index (χ0v) is 12.4. The minimum Gasteiger partial charge on any atom is -0.352 e. The standard InChI is InChI=1S/C15H16ClN3O2/c1-9(20)17-10-5-6-19(8-10)15(21)14-7-11-12(16)3-2-4-13(11)18-14/h2-4,7,10,18H,5-6,8H2,1H3,(H,17,20)/t10-/m0/s1. The number of benzene rings is 1. The molecule has 1 aliphatic heterocycles. The number of halogens is 1. The van der Waals surface area contributed by atoms with Gasteiger partial charge < -0.3 is 15.2 Å². The summed E-state index contributed by atoms with van der Waals surface area (Å²) in [7, 11) is 0. The van der Waals surface area contributed by atoms with Gasteiger partial charge in [-0.25, -0.2) is 0 Å². The molecule has 1 aromatic heterocycles. The zero-order valence-electron chi connectivity index (χ0n) is 11.6. The summed E-state index contributed by atoms with van der Waals surface area (Å²) in [5, 5.41) is 4.32. The summed E-state index contributed by atoms with van der Waals surface area (Å²) >= 11 is 6.12. The van der Waals surface area contributed by atoms with E-state index in [1.807, 2.05) is 12.1 Å². The topological polar surface area (TPSA) is 65.2 Å². The lowest BCUT2D eigenvalue weighted by Crippen LogP contribution is -2.37. The highest BCUT2D eigenvalue weighted by atomic mass is 35.5. The van der Waals surface area contributed by atoms with Crippen molar-refractivity contribution in [2.45, 2.75) is 19.4 Å². The van der Waals surface area contributed by atoms with E-state index in [0.717, 1.165) is 17.3 Å². The Balaban J connectivity index is 1.78. The van der Waals surface area contributed by atoms with Crippen molar-refractivity contribution < 1.29 is 9.59 Å². The van der Waals surface area contributed by atoms with Gasteiger partial charge in [0.2, 0.25) is 5.91 Å². The smallest absolute Gasteiger partial charge is 0.270 e. The summed E-state index contributed by atoms with van der Waals surface area (Å²) in [6.45, 7) is 2.68. The van der Waals surface area contributed by atoms with Crippen LogP contribution in [0.3, 0.4) is 0 Å². The number of carbonyl (C=O) groups excluding carboxylic acids is 2. The van der Waals surface area contributed by atoms with Gasteiger partial charge in [0.25, 0.3) is 5.91 Å². The van der Waals surface area contributed by atoms with Crippen LogP contribution >= 0.6 is 11.6 Å². The highest BCUT2D eigenvalue weighted by Crippen LogP contribution is 2.25. The van der Waals surface area contributed by atoms with Gasteiger partial charge in [0, 0.05) is 42.0 Å². The molecule has 1 saturated heterocycles. The van der Waals surface area contributed by atoms with Gasteiger partial charge in [-0.3, -0.25) is 9.59 Å². The van der Waals surface area contributed by atoms with Crippen molar-refractivity contribution in [3.8, 4) is 0 Å². The number of nitrogens with one attached hydrogen (secondary N) is 2. The molecule has 1 fully saturated rings. The van der Waals surface area contributed by atoms with E-state index in [0.29, 0.717) is 23.8 Å². The summed E-state index contributed by atoms with van der Waals surface area (Å²) in [5.74, 6) is -0.123. The molecular formula is C15H16ClN3O2. The minimum atomic E-state index is -0.0632. The minimum absolute atomic E-state index is 0.0411. The Hall–Kier alpha value is -2.01. The number of fused-ring (bicyclic) bond motifs is 1. The second-order valence-electron chi connectivity index (χ2n) is 5.32. The van der Waals surface area contributed by atoms with Crippen molar-refractivity contribution in [3.63, 3.8) is 0 Å². The molecule has 0 bridgehead atoms. The molecule has 2 heterocycles. The van der Waals surface area contributed by atoms with E-state index in [9.17, 15) is 9.59 Å². The fourth-order valence-corrected chi connectivity index (χ4v) is 2.98. The van der Waals surface area contributed by atoms with Crippen molar-refractivity contribution in [2.75, 3.05) is 13.1 Å². The number of H-pyrrole nitrogens is 1. The molecule has 2 amide bonds. The maximum atomic E-state index is 12.5. The summed E-state index contributed by atoms with van der Waals surface area (Å²) in [5.41, 5.74) is 1.38. The Bertz CT molecular complexity index is 710. The number of hydrogen-bond acceptors (Lipinski definition) is 2. The van der Waals surface area contributed by atoms with E-state index in [-0.39, 0.29) is 17.9 Å². The van der Waals surface area contributed by atoms with Gasteiger partial charge in [0.05, 0.1) is 0 Å². The molecule has 110 valence electrons. The van der Waals surface area contributed by atoms with Crippen LogP contribution in [0.2, 0.25) is 5.02 Å². The summed E-state index contributed by atoms with van der Waals surface area (Å²) in [4.78, 5) is 28.4. The number of amides is 2. The quantitative estimate of drug-likeness (QED) is 0.893. The van der Waals surface area contributed by atoms with Gasteiger partial charge in [-0.1, -0.05) is 17.7 Å². The van der Waals surface area contributed by atoms with Gasteiger partial charge in [-0.15, -0.1) is 0 Å². The average molecular weight is 306 g/mol. The molecular weight excluding hydrogens is 290 g/mol. The third-order valence-electron chi connectivity index (χ3n) is 3.72. The van der Waals surface area contributed by atoms with Crippen LogP contribution in [0.15, 0.2) is 24.3 Å². The first-order chi connectivity index (χ1) is 10.0. The van der Waals surface area contributed by atoms with Crippen LogP contribution < -0.4 is 5.32 Å². The summed E-state index contributed by atoms with van der Waals surface area (Å²) in [6, 6.07) is 7.36. The average Bonchev–Trinajstić information content (AvgIpc) is 3.04. The van der Waals surface area contributed by atoms with Crippen LogP contribution in [0.1, 0.15) is 23.8 Å². The normalized spacial score (nSPS) is 18.2. The van der Waals surface area contributed by atoms with Gasteiger partial charge in [-0.2, -0.15) is 0 Å². The first-order valence-corrected chi connectivity index (χ1v) is 7.26. The van der Waals surface area contributed by atoms with Gasteiger partial charge in [-0.05, 0) is 24.6 Å². The molecule has 1 aliphatic rings. The number of likely N-dealkylation sites (tertiary alicyclic amines) is 1. The molecule has 0 radical (unpaired) electrons. The van der Waals surface area contributed by atoms with E-state index in [1.165, 1.54) is 6.92 Å². The van der Waals surface area contributed by atoms with Crippen molar-refractivity contribution >= 4 is 34.3 Å². The molecule has 2 aromatic rings. The fraction of sp³-hybridized carbons (Fsp3) is 0.333. The van der Waals surface area contributed by atoms with E-state index in [2.05, 4.69) is 10.3 Å². The van der Waals surface area contributed by atoms with Crippen LogP contribution in [0.4, 0.5) is 0 Å². The molecule has 6 heteroatoms. The summed E-state index contributed by atoms with van der Waals surface area (Å²) < 4.78 is 0. The Morgan fingerprint density at radius 2 is 2.24 bits per heavy atom. The molecule has 0 spiro atoms. The second-order valence-corrected chi connectivity index (χ2v) is 5.73. The number of aromatic amines is 1. The monoisotopic (exact) mass is 305 g/mol. The predicted molar refractivity (Wildman–Crippen MR) is 81.4 cm³/mol. The van der Waals surface area contributed by atoms with Crippen LogP contribution in [0.5, 0.6) is 0 Å². The molecule has 21 heavy (non-hydrogen) atoms. The molecule has 1 atom stereocenters.